The SMILES string of the molecule is CC=CCN(CCCCCCCC)CCCCCCCC.[H-].[Li+]. The van der Waals surface area contributed by atoms with E-state index in [2.05, 4.69) is 37.8 Å². The number of hydrogen-bond donors (Lipinski definition) is 0. The molecule has 128 valence electrons. The molecule has 0 rings (SSSR count). The van der Waals surface area contributed by atoms with Crippen molar-refractivity contribution in [3.05, 3.63) is 12.2 Å². The zero-order valence-electron chi connectivity index (χ0n) is 17.2. The molecule has 0 bridgehead atoms. The van der Waals surface area contributed by atoms with E-state index in [0.29, 0.717) is 0 Å². The van der Waals surface area contributed by atoms with Crippen LogP contribution in [0.2, 0.25) is 0 Å². The van der Waals surface area contributed by atoms with Crippen LogP contribution in [0.5, 0.6) is 0 Å². The number of allylic oxidation sites excluding steroid dienone is 1. The van der Waals surface area contributed by atoms with Crippen molar-refractivity contribution in [3.8, 4) is 0 Å². The van der Waals surface area contributed by atoms with Crippen LogP contribution in [-0.2, 0) is 0 Å². The molecule has 0 heterocycles. The first kappa shape index (κ1) is 24.5. The van der Waals surface area contributed by atoms with Gasteiger partial charge in [-0.2, -0.15) is 0 Å². The summed E-state index contributed by atoms with van der Waals surface area (Å²) >= 11 is 0. The van der Waals surface area contributed by atoms with Crippen LogP contribution in [0, 0.1) is 0 Å². The molecule has 0 unspecified atom stereocenters. The van der Waals surface area contributed by atoms with Crippen LogP contribution >= 0.6 is 0 Å². The summed E-state index contributed by atoms with van der Waals surface area (Å²) in [5.41, 5.74) is 0. The van der Waals surface area contributed by atoms with Crippen molar-refractivity contribution in [3.63, 3.8) is 0 Å². The van der Waals surface area contributed by atoms with Gasteiger partial charge in [-0.1, -0.05) is 90.2 Å². The number of rotatable bonds is 16. The minimum atomic E-state index is 0. The van der Waals surface area contributed by atoms with Gasteiger partial charge in [0, 0.05) is 6.54 Å². The molecule has 0 saturated carbocycles. The maximum absolute atomic E-state index is 2.65. The fourth-order valence-corrected chi connectivity index (χ4v) is 2.78. The Labute approximate surface area is 155 Å². The summed E-state index contributed by atoms with van der Waals surface area (Å²) in [6, 6.07) is 0. The van der Waals surface area contributed by atoms with Crippen LogP contribution in [-0.4, -0.2) is 24.5 Å². The van der Waals surface area contributed by atoms with E-state index in [9.17, 15) is 0 Å². The predicted octanol–water partition coefficient (Wildman–Crippen LogP) is 3.70. The average Bonchev–Trinajstić information content (AvgIpc) is 2.50. The van der Waals surface area contributed by atoms with Gasteiger partial charge >= 0.3 is 18.9 Å². The Bertz CT molecular complexity index is 206. The molecule has 0 fully saturated rings. The van der Waals surface area contributed by atoms with Gasteiger partial charge in [-0.25, -0.2) is 0 Å². The molecular formula is C20H42LiN. The summed E-state index contributed by atoms with van der Waals surface area (Å²) < 4.78 is 0. The van der Waals surface area contributed by atoms with E-state index in [0.717, 1.165) is 6.54 Å². The van der Waals surface area contributed by atoms with E-state index in [4.69, 9.17) is 0 Å². The molecule has 0 atom stereocenters. The third-order valence-electron chi connectivity index (χ3n) is 4.26. The van der Waals surface area contributed by atoms with Crippen molar-refractivity contribution < 1.29 is 20.3 Å². The first-order valence-electron chi connectivity index (χ1n) is 9.68. The summed E-state index contributed by atoms with van der Waals surface area (Å²) in [4.78, 5) is 2.65. The van der Waals surface area contributed by atoms with Crippen LogP contribution < -0.4 is 18.9 Å². The van der Waals surface area contributed by atoms with Crippen LogP contribution in [0.4, 0.5) is 0 Å². The monoisotopic (exact) mass is 303 g/mol. The Morgan fingerprint density at radius 3 is 1.50 bits per heavy atom. The zero-order chi connectivity index (χ0) is 15.6. The van der Waals surface area contributed by atoms with Gasteiger partial charge in [0.1, 0.15) is 0 Å². The quantitative estimate of drug-likeness (QED) is 0.239. The van der Waals surface area contributed by atoms with E-state index in [1.807, 2.05) is 0 Å². The molecular weight excluding hydrogens is 261 g/mol. The van der Waals surface area contributed by atoms with Crippen molar-refractivity contribution in [2.75, 3.05) is 19.6 Å². The largest absolute Gasteiger partial charge is 1.00 e. The summed E-state index contributed by atoms with van der Waals surface area (Å²) in [5, 5.41) is 0. The number of unbranched alkanes of at least 4 members (excludes halogenated alkanes) is 10. The molecule has 0 N–H and O–H groups in total. The molecule has 0 aromatic rings. The molecule has 0 aromatic carbocycles. The Hall–Kier alpha value is 0.297. The molecule has 0 radical (unpaired) electrons. The molecule has 1 nitrogen and oxygen atoms in total. The second-order valence-corrected chi connectivity index (χ2v) is 6.41. The topological polar surface area (TPSA) is 3.24 Å². The van der Waals surface area contributed by atoms with Gasteiger partial charge in [0.2, 0.25) is 0 Å². The van der Waals surface area contributed by atoms with E-state index >= 15 is 0 Å². The molecule has 0 saturated heterocycles. The first-order chi connectivity index (χ1) is 10.3. The molecule has 0 spiro atoms. The van der Waals surface area contributed by atoms with Crippen molar-refractivity contribution in [1.82, 2.24) is 4.90 Å². The van der Waals surface area contributed by atoms with Gasteiger partial charge < -0.3 is 1.43 Å². The van der Waals surface area contributed by atoms with Gasteiger partial charge in [-0.05, 0) is 32.9 Å². The molecule has 22 heavy (non-hydrogen) atoms. The maximum atomic E-state index is 2.65. The third-order valence-corrected chi connectivity index (χ3v) is 4.26. The normalized spacial score (nSPS) is 11.3. The van der Waals surface area contributed by atoms with Gasteiger partial charge in [0.25, 0.3) is 0 Å². The summed E-state index contributed by atoms with van der Waals surface area (Å²) in [6.07, 6.45) is 21.4. The van der Waals surface area contributed by atoms with Crippen molar-refractivity contribution >= 4 is 0 Å². The number of hydrogen-bond acceptors (Lipinski definition) is 1. The van der Waals surface area contributed by atoms with Crippen molar-refractivity contribution in [2.24, 2.45) is 0 Å². The van der Waals surface area contributed by atoms with Gasteiger partial charge in [0.15, 0.2) is 0 Å². The molecule has 0 aromatic heterocycles. The minimum absolute atomic E-state index is 0. The van der Waals surface area contributed by atoms with Crippen LogP contribution in [0.3, 0.4) is 0 Å². The van der Waals surface area contributed by atoms with E-state index < -0.39 is 0 Å². The fourth-order valence-electron chi connectivity index (χ4n) is 2.78. The van der Waals surface area contributed by atoms with Crippen LogP contribution in [0.1, 0.15) is 99.2 Å². The minimum Gasteiger partial charge on any atom is -1.00 e. The first-order valence-corrected chi connectivity index (χ1v) is 9.68. The Balaban J connectivity index is -0.00000200. The van der Waals surface area contributed by atoms with E-state index in [-0.39, 0.29) is 20.3 Å². The van der Waals surface area contributed by atoms with Crippen LogP contribution in [0.25, 0.3) is 0 Å². The molecule has 2 heteroatoms. The number of nitrogens with zero attached hydrogens (tertiary/aromatic N) is 1. The van der Waals surface area contributed by atoms with E-state index in [1.165, 1.54) is 90.1 Å². The molecule has 0 aliphatic heterocycles. The predicted molar refractivity (Wildman–Crippen MR) is 99.1 cm³/mol. The fraction of sp³-hybridized carbons (Fsp3) is 0.900. The van der Waals surface area contributed by atoms with Crippen molar-refractivity contribution in [2.45, 2.75) is 97.8 Å². The third kappa shape index (κ3) is 18.3. The second kappa shape index (κ2) is 21.3. The Morgan fingerprint density at radius 1 is 0.682 bits per heavy atom. The molecule has 0 aliphatic carbocycles. The Kier molecular flexibility index (Phi) is 23.8. The van der Waals surface area contributed by atoms with E-state index in [1.54, 1.807) is 0 Å². The summed E-state index contributed by atoms with van der Waals surface area (Å²) in [5.74, 6) is 0. The molecule has 0 amide bonds. The van der Waals surface area contributed by atoms with Crippen molar-refractivity contribution in [1.29, 1.82) is 0 Å². The summed E-state index contributed by atoms with van der Waals surface area (Å²) in [7, 11) is 0. The van der Waals surface area contributed by atoms with Gasteiger partial charge in [0.05, 0.1) is 0 Å². The smallest absolute Gasteiger partial charge is 1.00 e. The van der Waals surface area contributed by atoms with Gasteiger partial charge in [-0.15, -0.1) is 0 Å². The zero-order valence-corrected chi connectivity index (χ0v) is 16.2. The average molecular weight is 304 g/mol. The standard InChI is InChI=1S/C20H41N.Li.H/c1-4-7-10-12-14-16-19-21(18-9-6-3)20-17-15-13-11-8-5-2;;/h6,9H,4-5,7-8,10-20H2,1-3H3;;/q;+1;-1. The van der Waals surface area contributed by atoms with Gasteiger partial charge in [-0.3, -0.25) is 4.90 Å². The molecule has 0 aliphatic rings. The summed E-state index contributed by atoms with van der Waals surface area (Å²) in [6.45, 7) is 10.5. The second-order valence-electron chi connectivity index (χ2n) is 6.41. The van der Waals surface area contributed by atoms with Crippen LogP contribution in [0.15, 0.2) is 12.2 Å². The Morgan fingerprint density at radius 2 is 1.09 bits per heavy atom. The maximum Gasteiger partial charge on any atom is 1.00 e.